The normalized spacial score (nSPS) is 11.6. The van der Waals surface area contributed by atoms with Gasteiger partial charge in [-0.25, -0.2) is 14.8 Å². The van der Waals surface area contributed by atoms with Crippen molar-refractivity contribution in [1.82, 2.24) is 19.1 Å². The largest absolute Gasteiger partial charge is 0.332 e. The summed E-state index contributed by atoms with van der Waals surface area (Å²) in [6, 6.07) is 6.58. The highest BCUT2D eigenvalue weighted by molar-refractivity contribution is 8.00. The van der Waals surface area contributed by atoms with Crippen LogP contribution in [0.3, 0.4) is 0 Å². The molecule has 3 rings (SSSR count). The standard InChI is InChI=1S/C22H25N5O4S/c1-12(28)23-14-9-7-13(8-10-14)15(29)11-32-18-16-17(24-20(25-18)22(2,3)4)26(5)21(31)27(6)19(16)30/h7-10H,11H2,1-6H3,(H,23,28). The number of aromatic nitrogens is 4. The van der Waals surface area contributed by atoms with E-state index in [0.29, 0.717) is 22.1 Å². The molecule has 0 fully saturated rings. The number of anilines is 1. The molecule has 2 aromatic heterocycles. The Morgan fingerprint density at radius 2 is 1.66 bits per heavy atom. The van der Waals surface area contributed by atoms with E-state index in [1.54, 1.807) is 31.3 Å². The van der Waals surface area contributed by atoms with Crippen LogP contribution in [0.5, 0.6) is 0 Å². The van der Waals surface area contributed by atoms with Crippen LogP contribution in [0.1, 0.15) is 43.9 Å². The average molecular weight is 456 g/mol. The molecular formula is C22H25N5O4S. The predicted octanol–water partition coefficient (Wildman–Crippen LogP) is 2.26. The van der Waals surface area contributed by atoms with E-state index in [0.717, 1.165) is 16.3 Å². The molecule has 1 amide bonds. The van der Waals surface area contributed by atoms with Crippen molar-refractivity contribution in [1.29, 1.82) is 0 Å². The third kappa shape index (κ3) is 4.64. The number of carbonyl (C=O) groups excluding carboxylic acids is 2. The number of hydrogen-bond acceptors (Lipinski definition) is 7. The van der Waals surface area contributed by atoms with Crippen LogP contribution in [0, 0.1) is 0 Å². The molecule has 168 valence electrons. The molecule has 0 aliphatic rings. The molecule has 9 nitrogen and oxygen atoms in total. The van der Waals surface area contributed by atoms with E-state index in [9.17, 15) is 19.2 Å². The number of rotatable bonds is 5. The molecule has 0 aliphatic heterocycles. The Bertz CT molecular complexity index is 1330. The lowest BCUT2D eigenvalue weighted by atomic mass is 9.96. The summed E-state index contributed by atoms with van der Waals surface area (Å²) in [7, 11) is 2.96. The van der Waals surface area contributed by atoms with Gasteiger partial charge in [0.15, 0.2) is 11.4 Å². The van der Waals surface area contributed by atoms with Gasteiger partial charge in [-0.3, -0.25) is 23.5 Å². The molecule has 0 aliphatic carbocycles. The molecule has 0 spiro atoms. The second-order valence-electron chi connectivity index (χ2n) is 8.48. The molecule has 32 heavy (non-hydrogen) atoms. The van der Waals surface area contributed by atoms with Gasteiger partial charge in [-0.05, 0) is 24.3 Å². The zero-order chi connectivity index (χ0) is 23.8. The lowest BCUT2D eigenvalue weighted by Crippen LogP contribution is -2.38. The first-order valence-corrected chi connectivity index (χ1v) is 10.9. The lowest BCUT2D eigenvalue weighted by molar-refractivity contribution is -0.114. The maximum atomic E-state index is 12.9. The van der Waals surface area contributed by atoms with E-state index in [1.165, 1.54) is 18.5 Å². The molecule has 3 aromatic rings. The summed E-state index contributed by atoms with van der Waals surface area (Å²) in [5.41, 5.74) is -0.0911. The van der Waals surface area contributed by atoms with Crippen molar-refractivity contribution in [2.24, 2.45) is 14.1 Å². The molecule has 0 saturated heterocycles. The van der Waals surface area contributed by atoms with Gasteiger partial charge in [-0.1, -0.05) is 32.5 Å². The Morgan fingerprint density at radius 3 is 2.22 bits per heavy atom. The monoisotopic (exact) mass is 455 g/mol. The van der Waals surface area contributed by atoms with Crippen LogP contribution in [-0.2, 0) is 24.3 Å². The number of amides is 1. The van der Waals surface area contributed by atoms with Crippen LogP contribution in [-0.4, -0.2) is 36.5 Å². The highest BCUT2D eigenvalue weighted by Crippen LogP contribution is 2.27. The van der Waals surface area contributed by atoms with Crippen LogP contribution in [0.4, 0.5) is 5.69 Å². The van der Waals surface area contributed by atoms with Crippen molar-refractivity contribution in [2.45, 2.75) is 38.1 Å². The first-order chi connectivity index (χ1) is 14.9. The molecule has 1 aromatic carbocycles. The van der Waals surface area contributed by atoms with Crippen molar-refractivity contribution in [3.05, 3.63) is 56.5 Å². The zero-order valence-electron chi connectivity index (χ0n) is 18.8. The molecule has 0 atom stereocenters. The summed E-state index contributed by atoms with van der Waals surface area (Å²) in [5.74, 6) is 0.167. The Morgan fingerprint density at radius 1 is 1.03 bits per heavy atom. The van der Waals surface area contributed by atoms with Gasteiger partial charge in [0.2, 0.25) is 5.91 Å². The van der Waals surface area contributed by atoms with Crippen molar-refractivity contribution in [3.63, 3.8) is 0 Å². The van der Waals surface area contributed by atoms with Crippen LogP contribution < -0.4 is 16.6 Å². The molecule has 0 saturated carbocycles. The van der Waals surface area contributed by atoms with Crippen LogP contribution in [0.2, 0.25) is 0 Å². The number of nitrogens with one attached hydrogen (secondary N) is 1. The molecule has 1 N–H and O–H groups in total. The van der Waals surface area contributed by atoms with E-state index >= 15 is 0 Å². The number of carbonyl (C=O) groups is 2. The minimum Gasteiger partial charge on any atom is -0.326 e. The second kappa shape index (κ2) is 8.70. The molecule has 10 heteroatoms. The van der Waals surface area contributed by atoms with Crippen LogP contribution in [0.25, 0.3) is 11.0 Å². The van der Waals surface area contributed by atoms with Gasteiger partial charge in [0.1, 0.15) is 16.2 Å². The number of ketones is 1. The maximum Gasteiger partial charge on any atom is 0.332 e. The number of thioether (sulfide) groups is 1. The fraction of sp³-hybridized carbons (Fsp3) is 0.364. The van der Waals surface area contributed by atoms with E-state index in [4.69, 9.17) is 0 Å². The molecule has 0 bridgehead atoms. The summed E-state index contributed by atoms with van der Waals surface area (Å²) in [6.07, 6.45) is 0. The average Bonchev–Trinajstić information content (AvgIpc) is 2.73. The summed E-state index contributed by atoms with van der Waals surface area (Å²) in [4.78, 5) is 58.2. The van der Waals surface area contributed by atoms with Gasteiger partial charge in [-0.2, -0.15) is 0 Å². The molecule has 0 unspecified atom stereocenters. The lowest BCUT2D eigenvalue weighted by Gasteiger charge is -2.19. The van der Waals surface area contributed by atoms with E-state index < -0.39 is 16.7 Å². The maximum absolute atomic E-state index is 12.9. The number of aryl methyl sites for hydroxylation is 1. The first kappa shape index (κ1) is 23.4. The minimum atomic E-state index is -0.502. The number of Topliss-reactive ketones (excluding diaryl/α,β-unsaturated/α-hetero) is 1. The predicted molar refractivity (Wildman–Crippen MR) is 125 cm³/mol. The van der Waals surface area contributed by atoms with Gasteiger partial charge in [0.25, 0.3) is 5.56 Å². The van der Waals surface area contributed by atoms with Crippen molar-refractivity contribution in [3.8, 4) is 0 Å². The van der Waals surface area contributed by atoms with Gasteiger partial charge >= 0.3 is 5.69 Å². The van der Waals surface area contributed by atoms with E-state index in [2.05, 4.69) is 15.3 Å². The fourth-order valence-electron chi connectivity index (χ4n) is 3.03. The van der Waals surface area contributed by atoms with Crippen LogP contribution >= 0.6 is 11.8 Å². The van der Waals surface area contributed by atoms with Crippen molar-refractivity contribution < 1.29 is 9.59 Å². The molecular weight excluding hydrogens is 430 g/mol. The number of fused-ring (bicyclic) bond motifs is 1. The summed E-state index contributed by atoms with van der Waals surface area (Å²) >= 11 is 1.14. The van der Waals surface area contributed by atoms with Crippen LogP contribution in [0.15, 0.2) is 38.9 Å². The van der Waals surface area contributed by atoms with E-state index in [1.807, 2.05) is 20.8 Å². The van der Waals surface area contributed by atoms with Gasteiger partial charge in [0, 0.05) is 37.7 Å². The summed E-state index contributed by atoms with van der Waals surface area (Å²) < 4.78 is 2.33. The third-order valence-corrected chi connectivity index (χ3v) is 5.78. The highest BCUT2D eigenvalue weighted by Gasteiger charge is 2.24. The first-order valence-electron chi connectivity index (χ1n) is 9.92. The molecule has 0 radical (unpaired) electrons. The number of benzene rings is 1. The van der Waals surface area contributed by atoms with Gasteiger partial charge < -0.3 is 5.32 Å². The zero-order valence-corrected chi connectivity index (χ0v) is 19.7. The Hall–Kier alpha value is -3.27. The van der Waals surface area contributed by atoms with E-state index in [-0.39, 0.29) is 28.5 Å². The number of hydrogen-bond donors (Lipinski definition) is 1. The van der Waals surface area contributed by atoms with Crippen molar-refractivity contribution in [2.75, 3.05) is 11.1 Å². The fourth-order valence-corrected chi connectivity index (χ4v) is 3.94. The Labute approximate surface area is 188 Å². The minimum absolute atomic E-state index is 0.0428. The number of nitrogens with zero attached hydrogens (tertiary/aromatic N) is 4. The Kier molecular flexibility index (Phi) is 6.36. The quantitative estimate of drug-likeness (QED) is 0.356. The molecule has 2 heterocycles. The third-order valence-electron chi connectivity index (χ3n) is 4.80. The highest BCUT2D eigenvalue weighted by atomic mass is 32.2. The smallest absolute Gasteiger partial charge is 0.326 e. The SMILES string of the molecule is CC(=O)Nc1ccc(C(=O)CSc2nc(C(C)(C)C)nc3c2c(=O)n(C)c(=O)n3C)cc1. The second-order valence-corrected chi connectivity index (χ2v) is 9.44. The summed E-state index contributed by atoms with van der Waals surface area (Å²) in [5, 5.41) is 3.22. The van der Waals surface area contributed by atoms with Gasteiger partial charge in [0.05, 0.1) is 5.75 Å². The topological polar surface area (TPSA) is 116 Å². The van der Waals surface area contributed by atoms with Crippen molar-refractivity contribution >= 4 is 40.2 Å². The van der Waals surface area contributed by atoms with Gasteiger partial charge in [-0.15, -0.1) is 0 Å². The Balaban J connectivity index is 2.01. The summed E-state index contributed by atoms with van der Waals surface area (Å²) in [6.45, 7) is 7.21.